The fourth-order valence-corrected chi connectivity index (χ4v) is 4.23. The van der Waals surface area contributed by atoms with E-state index in [1.807, 2.05) is 53.4 Å². The molecule has 1 aliphatic heterocycles. The summed E-state index contributed by atoms with van der Waals surface area (Å²) < 4.78 is 1.77. The molecular weight excluding hydrogens is 426 g/mol. The minimum absolute atomic E-state index is 0.0540. The van der Waals surface area contributed by atoms with Crippen molar-refractivity contribution >= 4 is 23.5 Å². The van der Waals surface area contributed by atoms with Crippen LogP contribution < -0.4 is 5.73 Å². The molecule has 0 saturated carbocycles. The van der Waals surface area contributed by atoms with E-state index in [1.165, 1.54) is 0 Å². The van der Waals surface area contributed by atoms with Crippen molar-refractivity contribution in [2.24, 2.45) is 0 Å². The third-order valence-corrected chi connectivity index (χ3v) is 5.88. The van der Waals surface area contributed by atoms with Crippen LogP contribution in [0.3, 0.4) is 0 Å². The van der Waals surface area contributed by atoms with Gasteiger partial charge >= 0.3 is 0 Å². The van der Waals surface area contributed by atoms with E-state index in [4.69, 9.17) is 17.3 Å². The van der Waals surface area contributed by atoms with Gasteiger partial charge in [0.25, 0.3) is 5.91 Å². The second-order valence-electron chi connectivity index (χ2n) is 7.61. The number of nitrogens with two attached hydrogens (primary N) is 1. The zero-order chi connectivity index (χ0) is 22.1. The molecule has 3 heterocycles. The summed E-state index contributed by atoms with van der Waals surface area (Å²) in [4.78, 5) is 24.1. The molecule has 2 N–H and O–H groups in total. The number of carbonyl (C=O) groups is 1. The summed E-state index contributed by atoms with van der Waals surface area (Å²) in [6.45, 7) is 0.643. The largest absolute Gasteiger partial charge is 0.368 e. The van der Waals surface area contributed by atoms with Gasteiger partial charge in [-0.1, -0.05) is 29.8 Å². The van der Waals surface area contributed by atoms with E-state index in [-0.39, 0.29) is 17.9 Å². The highest BCUT2D eigenvalue weighted by Gasteiger charge is 2.33. The van der Waals surface area contributed by atoms with E-state index < -0.39 is 0 Å². The van der Waals surface area contributed by atoms with Crippen LogP contribution in [0, 0.1) is 0 Å². The molecule has 4 aromatic rings. The van der Waals surface area contributed by atoms with Gasteiger partial charge in [-0.05, 0) is 48.7 Å². The van der Waals surface area contributed by atoms with Crippen LogP contribution in [0.5, 0.6) is 0 Å². The van der Waals surface area contributed by atoms with Crippen molar-refractivity contribution in [3.63, 3.8) is 0 Å². The molecule has 1 unspecified atom stereocenters. The molecule has 1 amide bonds. The predicted octanol–water partition coefficient (Wildman–Crippen LogP) is 3.94. The van der Waals surface area contributed by atoms with Crippen molar-refractivity contribution in [2.45, 2.75) is 18.9 Å². The minimum Gasteiger partial charge on any atom is -0.368 e. The molecule has 32 heavy (non-hydrogen) atoms. The number of nitrogens with zero attached hydrogens (tertiary/aromatic N) is 6. The summed E-state index contributed by atoms with van der Waals surface area (Å²) in [5.41, 5.74) is 9.89. The van der Waals surface area contributed by atoms with Crippen LogP contribution in [0.2, 0.25) is 5.02 Å². The number of hydrogen-bond donors (Lipinski definition) is 1. The number of likely N-dealkylation sites (tertiary alicyclic amines) is 1. The molecule has 0 radical (unpaired) electrons. The second-order valence-corrected chi connectivity index (χ2v) is 8.05. The van der Waals surface area contributed by atoms with Crippen molar-refractivity contribution < 1.29 is 4.79 Å². The third kappa shape index (κ3) is 3.80. The Bertz CT molecular complexity index is 1260. The Morgan fingerprint density at radius 1 is 1.09 bits per heavy atom. The van der Waals surface area contributed by atoms with Crippen LogP contribution in [0.15, 0.2) is 67.4 Å². The molecule has 160 valence electrons. The Morgan fingerprint density at radius 3 is 2.66 bits per heavy atom. The average Bonchev–Trinajstić information content (AvgIpc) is 3.52. The number of benzene rings is 2. The number of hydrogen-bond acceptors (Lipinski definition) is 6. The van der Waals surface area contributed by atoms with Crippen LogP contribution in [-0.2, 0) is 0 Å². The summed E-state index contributed by atoms with van der Waals surface area (Å²) in [6.07, 6.45) is 6.60. The number of amides is 1. The van der Waals surface area contributed by atoms with Gasteiger partial charge in [0.1, 0.15) is 12.7 Å². The first-order valence-electron chi connectivity index (χ1n) is 10.2. The Balaban J connectivity index is 1.51. The van der Waals surface area contributed by atoms with Gasteiger partial charge in [-0.2, -0.15) is 0 Å². The Kier molecular flexibility index (Phi) is 5.28. The molecular formula is C23H20ClN7O. The molecule has 1 fully saturated rings. The predicted molar refractivity (Wildman–Crippen MR) is 121 cm³/mol. The zero-order valence-corrected chi connectivity index (χ0v) is 17.9. The van der Waals surface area contributed by atoms with Gasteiger partial charge in [0.15, 0.2) is 0 Å². The molecule has 2 aromatic heterocycles. The second kappa shape index (κ2) is 8.39. The number of halogens is 1. The van der Waals surface area contributed by atoms with Gasteiger partial charge in [-0.15, -0.1) is 10.2 Å². The summed E-state index contributed by atoms with van der Waals surface area (Å²) in [5.74, 6) is 0.133. The molecule has 8 nitrogen and oxygen atoms in total. The fourth-order valence-electron chi connectivity index (χ4n) is 4.11. The van der Waals surface area contributed by atoms with Crippen LogP contribution in [-0.4, -0.2) is 42.1 Å². The molecule has 1 atom stereocenters. The van der Waals surface area contributed by atoms with Crippen molar-refractivity contribution in [3.8, 4) is 16.8 Å². The summed E-state index contributed by atoms with van der Waals surface area (Å²) in [6, 6.07) is 14.7. The molecule has 0 spiro atoms. The normalized spacial score (nSPS) is 15.8. The maximum absolute atomic E-state index is 13.5. The van der Waals surface area contributed by atoms with E-state index >= 15 is 0 Å². The lowest BCUT2D eigenvalue weighted by molar-refractivity contribution is 0.0733. The molecule has 1 saturated heterocycles. The molecule has 9 heteroatoms. The van der Waals surface area contributed by atoms with E-state index in [1.54, 1.807) is 23.4 Å². The maximum Gasteiger partial charge on any atom is 0.254 e. The Labute approximate surface area is 189 Å². The lowest BCUT2D eigenvalue weighted by atomic mass is 9.99. The highest BCUT2D eigenvalue weighted by atomic mass is 35.5. The minimum atomic E-state index is -0.197. The zero-order valence-electron chi connectivity index (χ0n) is 17.1. The van der Waals surface area contributed by atoms with Crippen molar-refractivity contribution in [3.05, 3.63) is 83.7 Å². The lowest BCUT2D eigenvalue weighted by Gasteiger charge is -2.26. The Hall–Kier alpha value is -3.78. The van der Waals surface area contributed by atoms with E-state index in [0.29, 0.717) is 17.1 Å². The molecule has 0 bridgehead atoms. The number of carbonyl (C=O) groups excluding carboxylic acids is 1. The van der Waals surface area contributed by atoms with Gasteiger partial charge in [-0.25, -0.2) is 9.97 Å². The molecule has 1 aliphatic rings. The van der Waals surface area contributed by atoms with E-state index in [2.05, 4.69) is 20.2 Å². The van der Waals surface area contributed by atoms with Gasteiger partial charge in [0.05, 0.1) is 11.7 Å². The lowest BCUT2D eigenvalue weighted by Crippen LogP contribution is -2.31. The van der Waals surface area contributed by atoms with Crippen LogP contribution in [0.4, 0.5) is 5.95 Å². The first kappa shape index (κ1) is 20.1. The summed E-state index contributed by atoms with van der Waals surface area (Å²) >= 11 is 6.06. The maximum atomic E-state index is 13.5. The number of aromatic nitrogens is 5. The first-order valence-corrected chi connectivity index (χ1v) is 10.6. The van der Waals surface area contributed by atoms with Crippen molar-refractivity contribution in [1.29, 1.82) is 0 Å². The number of anilines is 1. The summed E-state index contributed by atoms with van der Waals surface area (Å²) in [5, 5.41) is 8.33. The Morgan fingerprint density at radius 2 is 1.88 bits per heavy atom. The monoisotopic (exact) mass is 445 g/mol. The third-order valence-electron chi connectivity index (χ3n) is 5.63. The molecule has 2 aromatic carbocycles. The SMILES string of the molecule is Nc1ncc(-c2ccc(Cl)cc2)c(C2CCCN2C(=O)c2cccc(-n3cnnc3)c2)n1. The standard InChI is InChI=1S/C23H20ClN7O/c24-17-8-6-15(7-9-17)19-12-26-23(25)29-21(19)20-5-2-10-31(20)22(32)16-3-1-4-18(11-16)30-13-27-28-14-30/h1,3-4,6-9,11-14,20H,2,5,10H2,(H2,25,26,29). The average molecular weight is 446 g/mol. The highest BCUT2D eigenvalue weighted by molar-refractivity contribution is 6.30. The highest BCUT2D eigenvalue weighted by Crippen LogP contribution is 2.37. The molecule has 5 rings (SSSR count). The van der Waals surface area contributed by atoms with Crippen LogP contribution in [0.25, 0.3) is 16.8 Å². The van der Waals surface area contributed by atoms with E-state index in [0.717, 1.165) is 35.3 Å². The van der Waals surface area contributed by atoms with Gasteiger partial charge < -0.3 is 10.6 Å². The van der Waals surface area contributed by atoms with Crippen molar-refractivity contribution in [1.82, 2.24) is 29.6 Å². The quantitative estimate of drug-likeness (QED) is 0.510. The smallest absolute Gasteiger partial charge is 0.254 e. The van der Waals surface area contributed by atoms with Gasteiger partial charge in [0, 0.05) is 34.6 Å². The fraction of sp³-hybridized carbons (Fsp3) is 0.174. The van der Waals surface area contributed by atoms with E-state index in [9.17, 15) is 4.79 Å². The van der Waals surface area contributed by atoms with Crippen LogP contribution in [0.1, 0.15) is 34.9 Å². The number of nitrogen functional groups attached to an aromatic ring is 1. The topological polar surface area (TPSA) is 103 Å². The summed E-state index contributed by atoms with van der Waals surface area (Å²) in [7, 11) is 0. The van der Waals surface area contributed by atoms with Gasteiger partial charge in [0.2, 0.25) is 5.95 Å². The van der Waals surface area contributed by atoms with Crippen LogP contribution >= 0.6 is 11.6 Å². The number of rotatable bonds is 4. The van der Waals surface area contributed by atoms with Gasteiger partial charge in [-0.3, -0.25) is 9.36 Å². The molecule has 0 aliphatic carbocycles. The van der Waals surface area contributed by atoms with Crippen molar-refractivity contribution in [2.75, 3.05) is 12.3 Å². The first-order chi connectivity index (χ1) is 15.6.